The number of amides is 1. The maximum atomic E-state index is 13.0. The number of benzene rings is 1. The van der Waals surface area contributed by atoms with Crippen molar-refractivity contribution in [1.29, 1.82) is 0 Å². The summed E-state index contributed by atoms with van der Waals surface area (Å²) in [6, 6.07) is 9.97. The van der Waals surface area contributed by atoms with Crippen LogP contribution in [0, 0.1) is 5.92 Å². The third kappa shape index (κ3) is 4.16. The van der Waals surface area contributed by atoms with Crippen LogP contribution in [0.2, 0.25) is 0 Å². The minimum Gasteiger partial charge on any atom is -0.397 e. The van der Waals surface area contributed by atoms with Crippen LogP contribution in [0.25, 0.3) is 10.9 Å². The molecule has 0 bridgehead atoms. The Hall–Kier alpha value is -2.19. The zero-order chi connectivity index (χ0) is 21.3. The van der Waals surface area contributed by atoms with Gasteiger partial charge in [0.1, 0.15) is 0 Å². The number of pyridine rings is 1. The number of likely N-dealkylation sites (tertiary alicyclic amines) is 1. The van der Waals surface area contributed by atoms with Crippen LogP contribution in [0.4, 0.5) is 5.69 Å². The van der Waals surface area contributed by atoms with E-state index in [0.717, 1.165) is 35.1 Å². The molecule has 0 saturated carbocycles. The number of nitrogen functional groups attached to an aromatic ring is 1. The highest BCUT2D eigenvalue weighted by atomic mass is 32.2. The van der Waals surface area contributed by atoms with Crippen molar-refractivity contribution >= 4 is 32.5 Å². The summed E-state index contributed by atoms with van der Waals surface area (Å²) in [5.41, 5.74) is 8.91. The SMILES string of the molecule is CCS(=O)(=O)N1CCC(C(=O)N2CCC(c3nc4ccccc4cc3N)CC2)CC1. The third-order valence-electron chi connectivity index (χ3n) is 6.54. The molecule has 2 aliphatic heterocycles. The third-order valence-corrected chi connectivity index (χ3v) is 8.42. The summed E-state index contributed by atoms with van der Waals surface area (Å²) in [5.74, 6) is 0.468. The summed E-state index contributed by atoms with van der Waals surface area (Å²) in [6.45, 7) is 3.95. The smallest absolute Gasteiger partial charge is 0.225 e. The molecule has 0 aliphatic carbocycles. The first-order valence-electron chi connectivity index (χ1n) is 10.8. The lowest BCUT2D eigenvalue weighted by Gasteiger charge is -2.37. The number of carbonyl (C=O) groups is 1. The number of aromatic nitrogens is 1. The van der Waals surface area contributed by atoms with Gasteiger partial charge in [-0.1, -0.05) is 18.2 Å². The lowest BCUT2D eigenvalue weighted by molar-refractivity contribution is -0.137. The molecule has 8 heteroatoms. The summed E-state index contributed by atoms with van der Waals surface area (Å²) in [7, 11) is -3.16. The van der Waals surface area contributed by atoms with Crippen LogP contribution in [0.3, 0.4) is 0 Å². The average Bonchev–Trinajstić information content (AvgIpc) is 2.78. The number of piperidine rings is 2. The number of rotatable bonds is 4. The molecule has 0 unspecified atom stereocenters. The van der Waals surface area contributed by atoms with Crippen molar-refractivity contribution in [3.8, 4) is 0 Å². The summed E-state index contributed by atoms with van der Waals surface area (Å²) >= 11 is 0. The quantitative estimate of drug-likeness (QED) is 0.804. The maximum Gasteiger partial charge on any atom is 0.225 e. The Labute approximate surface area is 178 Å². The van der Waals surface area contributed by atoms with Crippen molar-refractivity contribution in [2.45, 2.75) is 38.5 Å². The van der Waals surface area contributed by atoms with Crippen molar-refractivity contribution in [2.75, 3.05) is 37.7 Å². The summed E-state index contributed by atoms with van der Waals surface area (Å²) in [5, 5.41) is 1.04. The first-order valence-corrected chi connectivity index (χ1v) is 12.4. The van der Waals surface area contributed by atoms with Gasteiger partial charge < -0.3 is 10.6 Å². The Bertz CT molecular complexity index is 1020. The van der Waals surface area contributed by atoms with E-state index in [2.05, 4.69) is 0 Å². The Kier molecular flexibility index (Phi) is 5.97. The molecule has 1 aromatic heterocycles. The predicted molar refractivity (Wildman–Crippen MR) is 118 cm³/mol. The largest absolute Gasteiger partial charge is 0.397 e. The molecule has 1 amide bonds. The molecule has 7 nitrogen and oxygen atoms in total. The van der Waals surface area contributed by atoms with Crippen LogP contribution in [-0.2, 0) is 14.8 Å². The zero-order valence-electron chi connectivity index (χ0n) is 17.5. The van der Waals surface area contributed by atoms with Gasteiger partial charge in [0.2, 0.25) is 15.9 Å². The molecule has 1 aromatic carbocycles. The Balaban J connectivity index is 1.36. The second-order valence-corrected chi connectivity index (χ2v) is 10.6. The van der Waals surface area contributed by atoms with E-state index in [1.807, 2.05) is 35.2 Å². The molecule has 0 atom stereocenters. The molecule has 2 aromatic rings. The number of nitrogens with two attached hydrogens (primary N) is 1. The van der Waals surface area contributed by atoms with Gasteiger partial charge in [0, 0.05) is 43.4 Å². The van der Waals surface area contributed by atoms with Crippen LogP contribution in [-0.4, -0.2) is 60.4 Å². The van der Waals surface area contributed by atoms with E-state index in [4.69, 9.17) is 10.7 Å². The molecule has 2 saturated heterocycles. The normalized spacial score (nSPS) is 20.0. The molecule has 2 fully saturated rings. The molecular formula is C22H30N4O3S. The monoisotopic (exact) mass is 430 g/mol. The van der Waals surface area contributed by atoms with Gasteiger partial charge in [-0.25, -0.2) is 12.7 Å². The fourth-order valence-electron chi connectivity index (χ4n) is 4.67. The Morgan fingerprint density at radius 2 is 1.77 bits per heavy atom. The van der Waals surface area contributed by atoms with E-state index < -0.39 is 10.0 Å². The van der Waals surface area contributed by atoms with Crippen molar-refractivity contribution < 1.29 is 13.2 Å². The fraction of sp³-hybridized carbons (Fsp3) is 0.545. The number of fused-ring (bicyclic) bond motifs is 1. The topological polar surface area (TPSA) is 96.6 Å². The second kappa shape index (κ2) is 8.51. The molecule has 0 radical (unpaired) electrons. The predicted octanol–water partition coefficient (Wildman–Crippen LogP) is 2.58. The fourth-order valence-corrected chi connectivity index (χ4v) is 5.80. The standard InChI is InChI=1S/C22H30N4O3S/c1-2-30(28,29)26-13-9-17(10-14-26)22(27)25-11-7-16(8-12-25)21-19(23)15-18-5-3-4-6-20(18)24-21/h3-6,15-17H,2,7-14,23H2,1H3. The van der Waals surface area contributed by atoms with Crippen LogP contribution in [0.15, 0.2) is 30.3 Å². The van der Waals surface area contributed by atoms with E-state index >= 15 is 0 Å². The van der Waals surface area contributed by atoms with Gasteiger partial charge in [-0.2, -0.15) is 0 Å². The number of hydrogen-bond acceptors (Lipinski definition) is 5. The highest BCUT2D eigenvalue weighted by Gasteiger charge is 2.34. The molecule has 162 valence electrons. The molecule has 2 N–H and O–H groups in total. The van der Waals surface area contributed by atoms with Crippen molar-refractivity contribution in [1.82, 2.24) is 14.2 Å². The number of carbonyl (C=O) groups excluding carboxylic acids is 1. The van der Waals surface area contributed by atoms with E-state index in [1.165, 1.54) is 4.31 Å². The average molecular weight is 431 g/mol. The van der Waals surface area contributed by atoms with Gasteiger partial charge in [0.25, 0.3) is 0 Å². The second-order valence-electron chi connectivity index (χ2n) is 8.33. The number of hydrogen-bond donors (Lipinski definition) is 1. The van der Waals surface area contributed by atoms with Gasteiger partial charge in [0.15, 0.2) is 0 Å². The first kappa shape index (κ1) is 21.1. The minimum atomic E-state index is -3.16. The summed E-state index contributed by atoms with van der Waals surface area (Å²) < 4.78 is 25.6. The minimum absolute atomic E-state index is 0.0753. The van der Waals surface area contributed by atoms with Crippen LogP contribution < -0.4 is 5.73 Å². The van der Waals surface area contributed by atoms with Crippen LogP contribution >= 0.6 is 0 Å². The summed E-state index contributed by atoms with van der Waals surface area (Å²) in [4.78, 5) is 19.7. The lowest BCUT2D eigenvalue weighted by Crippen LogP contribution is -2.46. The van der Waals surface area contributed by atoms with Gasteiger partial charge in [-0.05, 0) is 44.7 Å². The van der Waals surface area contributed by atoms with E-state index in [0.29, 0.717) is 39.0 Å². The zero-order valence-corrected chi connectivity index (χ0v) is 18.3. The maximum absolute atomic E-state index is 13.0. The molecule has 3 heterocycles. The van der Waals surface area contributed by atoms with Crippen molar-refractivity contribution in [2.24, 2.45) is 5.92 Å². The highest BCUT2D eigenvalue weighted by molar-refractivity contribution is 7.89. The molecule has 4 rings (SSSR count). The van der Waals surface area contributed by atoms with Gasteiger partial charge >= 0.3 is 0 Å². The molecule has 30 heavy (non-hydrogen) atoms. The summed E-state index contributed by atoms with van der Waals surface area (Å²) in [6.07, 6.45) is 2.92. The molecule has 0 spiro atoms. The van der Waals surface area contributed by atoms with Gasteiger partial charge in [-0.3, -0.25) is 9.78 Å². The van der Waals surface area contributed by atoms with E-state index in [9.17, 15) is 13.2 Å². The number of para-hydroxylation sites is 1. The Morgan fingerprint density at radius 1 is 1.10 bits per heavy atom. The number of sulfonamides is 1. The molecule has 2 aliphatic rings. The number of anilines is 1. The lowest BCUT2D eigenvalue weighted by atomic mass is 9.89. The first-order chi connectivity index (χ1) is 14.4. The van der Waals surface area contributed by atoms with Crippen LogP contribution in [0.1, 0.15) is 44.2 Å². The highest BCUT2D eigenvalue weighted by Crippen LogP contribution is 2.33. The van der Waals surface area contributed by atoms with Crippen LogP contribution in [0.5, 0.6) is 0 Å². The van der Waals surface area contributed by atoms with Crippen molar-refractivity contribution in [3.05, 3.63) is 36.0 Å². The van der Waals surface area contributed by atoms with E-state index in [-0.39, 0.29) is 23.5 Å². The van der Waals surface area contributed by atoms with E-state index in [1.54, 1.807) is 6.92 Å². The van der Waals surface area contributed by atoms with Gasteiger partial charge in [0.05, 0.1) is 22.7 Å². The Morgan fingerprint density at radius 3 is 2.43 bits per heavy atom. The molecular weight excluding hydrogens is 400 g/mol. The number of nitrogens with zero attached hydrogens (tertiary/aromatic N) is 3. The van der Waals surface area contributed by atoms with Gasteiger partial charge in [-0.15, -0.1) is 0 Å². The van der Waals surface area contributed by atoms with Crippen molar-refractivity contribution in [3.63, 3.8) is 0 Å².